The van der Waals surface area contributed by atoms with Gasteiger partial charge in [0.25, 0.3) is 15.5 Å². The van der Waals surface area contributed by atoms with Crippen LogP contribution >= 0.6 is 0 Å². The Hall–Kier alpha value is -2.37. The summed E-state index contributed by atoms with van der Waals surface area (Å²) < 4.78 is 60.5. The number of nitrogens with zero attached hydrogens (tertiary/aromatic N) is 2. The number of sulfone groups is 1. The fourth-order valence-corrected chi connectivity index (χ4v) is 3.09. The first kappa shape index (κ1) is 22.7. The van der Waals surface area contributed by atoms with Gasteiger partial charge >= 0.3 is 5.51 Å². The predicted molar refractivity (Wildman–Crippen MR) is 92.0 cm³/mol. The van der Waals surface area contributed by atoms with Crippen LogP contribution in [0.15, 0.2) is 23.1 Å². The van der Waals surface area contributed by atoms with Crippen LogP contribution < -0.4 is 5.32 Å². The quantitative estimate of drug-likeness (QED) is 0.380. The number of hydrogen-bond acceptors (Lipinski definition) is 6. The molecule has 12 heteroatoms. The zero-order valence-corrected chi connectivity index (χ0v) is 15.6. The van der Waals surface area contributed by atoms with Gasteiger partial charge in [0.2, 0.25) is 5.91 Å². The van der Waals surface area contributed by atoms with E-state index in [-0.39, 0.29) is 24.6 Å². The van der Waals surface area contributed by atoms with Crippen LogP contribution in [0, 0.1) is 10.1 Å². The number of rotatable bonds is 9. The normalized spacial score (nSPS) is 11.9. The SMILES string of the molecule is CCN(CC)C(=O)CCCNc1ccc(S(=O)(=O)C(F)(F)F)cc1[N+](=O)[O-]. The second-order valence-electron chi connectivity index (χ2n) is 5.48. The van der Waals surface area contributed by atoms with Crippen LogP contribution in [0.2, 0.25) is 0 Å². The fraction of sp³-hybridized carbons (Fsp3) is 0.533. The molecule has 0 heterocycles. The van der Waals surface area contributed by atoms with Crippen LogP contribution in [-0.4, -0.2) is 49.3 Å². The van der Waals surface area contributed by atoms with Crippen LogP contribution in [0.4, 0.5) is 24.5 Å². The first-order valence-corrected chi connectivity index (χ1v) is 9.55. The predicted octanol–water partition coefficient (Wildman–Crippen LogP) is 2.95. The molecule has 0 spiro atoms. The molecule has 8 nitrogen and oxygen atoms in total. The highest BCUT2D eigenvalue weighted by Crippen LogP contribution is 2.34. The van der Waals surface area contributed by atoms with Crippen molar-refractivity contribution < 1.29 is 31.3 Å². The van der Waals surface area contributed by atoms with E-state index in [0.717, 1.165) is 6.07 Å². The highest BCUT2D eigenvalue weighted by molar-refractivity contribution is 7.92. The number of halogens is 3. The summed E-state index contributed by atoms with van der Waals surface area (Å²) in [5, 5.41) is 13.7. The Balaban J connectivity index is 2.88. The lowest BCUT2D eigenvalue weighted by molar-refractivity contribution is -0.384. The molecule has 0 aliphatic rings. The minimum atomic E-state index is -5.68. The average Bonchev–Trinajstić information content (AvgIpc) is 2.58. The van der Waals surface area contributed by atoms with E-state index in [4.69, 9.17) is 0 Å². The van der Waals surface area contributed by atoms with Crippen LogP contribution in [0.3, 0.4) is 0 Å². The van der Waals surface area contributed by atoms with E-state index < -0.39 is 30.9 Å². The lowest BCUT2D eigenvalue weighted by Crippen LogP contribution is -2.30. The van der Waals surface area contributed by atoms with E-state index in [9.17, 15) is 36.5 Å². The molecule has 0 unspecified atom stereocenters. The van der Waals surface area contributed by atoms with E-state index in [1.165, 1.54) is 0 Å². The number of nitro groups is 1. The standard InChI is InChI=1S/C15H20F3N3O5S/c1-3-20(4-2)14(22)6-5-9-19-12-8-7-11(10-13(12)21(23)24)27(25,26)15(16,17)18/h7-8,10,19H,3-6,9H2,1-2H3. The summed E-state index contributed by atoms with van der Waals surface area (Å²) in [5.74, 6) is -0.0806. The fourth-order valence-electron chi connectivity index (χ4n) is 2.31. The molecule has 1 rings (SSSR count). The third kappa shape index (κ3) is 5.55. The minimum Gasteiger partial charge on any atom is -0.379 e. The lowest BCUT2D eigenvalue weighted by atomic mass is 10.2. The highest BCUT2D eigenvalue weighted by Gasteiger charge is 2.47. The van der Waals surface area contributed by atoms with Crippen LogP contribution in [0.5, 0.6) is 0 Å². The summed E-state index contributed by atoms with van der Waals surface area (Å²) in [6.45, 7) is 4.94. The maximum Gasteiger partial charge on any atom is 0.501 e. The second kappa shape index (κ2) is 9.02. The minimum absolute atomic E-state index is 0.0806. The molecular formula is C15H20F3N3O5S. The molecule has 1 aromatic carbocycles. The second-order valence-corrected chi connectivity index (χ2v) is 7.42. The van der Waals surface area contributed by atoms with Crippen LogP contribution in [0.25, 0.3) is 0 Å². The molecule has 0 aliphatic carbocycles. The topological polar surface area (TPSA) is 110 Å². The molecule has 152 valence electrons. The molecule has 0 atom stereocenters. The summed E-state index contributed by atoms with van der Waals surface area (Å²) in [6, 6.07) is 1.92. The number of benzene rings is 1. The van der Waals surface area contributed by atoms with Gasteiger partial charge in [0, 0.05) is 32.1 Å². The highest BCUT2D eigenvalue weighted by atomic mass is 32.2. The molecule has 0 aromatic heterocycles. The van der Waals surface area contributed by atoms with Crippen molar-refractivity contribution in [3.05, 3.63) is 28.3 Å². The van der Waals surface area contributed by atoms with Crippen LogP contribution in [0.1, 0.15) is 26.7 Å². The molecule has 0 saturated heterocycles. The van der Waals surface area contributed by atoms with Crippen molar-refractivity contribution in [2.45, 2.75) is 37.1 Å². The molecule has 1 aromatic rings. The Kier molecular flexibility index (Phi) is 7.57. The monoisotopic (exact) mass is 411 g/mol. The Labute approximate surface area is 154 Å². The number of carbonyl (C=O) groups excluding carboxylic acids is 1. The van der Waals surface area contributed by atoms with E-state index >= 15 is 0 Å². The van der Waals surface area contributed by atoms with Gasteiger partial charge in [0.1, 0.15) is 5.69 Å². The van der Waals surface area contributed by atoms with Gasteiger partial charge in [0.15, 0.2) is 0 Å². The number of carbonyl (C=O) groups is 1. The van der Waals surface area contributed by atoms with E-state index in [0.29, 0.717) is 31.6 Å². The summed E-state index contributed by atoms with van der Waals surface area (Å²) in [6.07, 6.45) is 0.540. The van der Waals surface area contributed by atoms with Crippen molar-refractivity contribution in [1.29, 1.82) is 0 Å². The number of hydrogen-bond donors (Lipinski definition) is 1. The first-order valence-electron chi connectivity index (χ1n) is 8.07. The Morgan fingerprint density at radius 3 is 2.33 bits per heavy atom. The molecule has 0 saturated carbocycles. The molecular weight excluding hydrogens is 391 g/mol. The van der Waals surface area contributed by atoms with Gasteiger partial charge in [-0.1, -0.05) is 0 Å². The average molecular weight is 411 g/mol. The Bertz CT molecular complexity index is 792. The lowest BCUT2D eigenvalue weighted by Gasteiger charge is -2.18. The summed E-state index contributed by atoms with van der Waals surface area (Å²) in [4.78, 5) is 22.4. The number of nitrogens with one attached hydrogen (secondary N) is 1. The summed E-state index contributed by atoms with van der Waals surface area (Å²) >= 11 is 0. The third-order valence-corrected chi connectivity index (χ3v) is 5.26. The van der Waals surface area contributed by atoms with Gasteiger partial charge in [-0.3, -0.25) is 14.9 Å². The maximum absolute atomic E-state index is 12.6. The van der Waals surface area contributed by atoms with Crippen molar-refractivity contribution in [3.63, 3.8) is 0 Å². The van der Waals surface area contributed by atoms with E-state index in [1.807, 2.05) is 13.8 Å². The van der Waals surface area contributed by atoms with Crippen molar-refractivity contribution in [3.8, 4) is 0 Å². The van der Waals surface area contributed by atoms with Gasteiger partial charge < -0.3 is 10.2 Å². The number of amides is 1. The molecule has 0 aliphatic heterocycles. The third-order valence-electron chi connectivity index (χ3n) is 3.78. The van der Waals surface area contributed by atoms with Gasteiger partial charge in [-0.25, -0.2) is 8.42 Å². The van der Waals surface area contributed by atoms with Gasteiger partial charge in [-0.15, -0.1) is 0 Å². The summed E-state index contributed by atoms with van der Waals surface area (Å²) in [5.41, 5.74) is -6.48. The molecule has 0 fully saturated rings. The molecule has 0 radical (unpaired) electrons. The molecule has 0 bridgehead atoms. The Morgan fingerprint density at radius 2 is 1.85 bits per heavy atom. The van der Waals surface area contributed by atoms with Crippen molar-refractivity contribution in [2.24, 2.45) is 0 Å². The zero-order chi connectivity index (χ0) is 20.8. The zero-order valence-electron chi connectivity index (χ0n) is 14.7. The number of anilines is 1. The van der Waals surface area contributed by atoms with Crippen molar-refractivity contribution in [1.82, 2.24) is 4.90 Å². The van der Waals surface area contributed by atoms with Gasteiger partial charge in [-0.05, 0) is 32.4 Å². The Morgan fingerprint density at radius 1 is 1.26 bits per heavy atom. The van der Waals surface area contributed by atoms with E-state index in [2.05, 4.69) is 5.32 Å². The number of nitro benzene ring substituents is 1. The largest absolute Gasteiger partial charge is 0.501 e. The van der Waals surface area contributed by atoms with E-state index in [1.54, 1.807) is 4.90 Å². The summed E-state index contributed by atoms with van der Waals surface area (Å²) in [7, 11) is -5.68. The molecule has 1 amide bonds. The maximum atomic E-state index is 12.6. The van der Waals surface area contributed by atoms with Crippen molar-refractivity contribution >= 4 is 27.1 Å². The van der Waals surface area contributed by atoms with Crippen LogP contribution in [-0.2, 0) is 14.6 Å². The number of alkyl halides is 3. The molecule has 1 N–H and O–H groups in total. The smallest absolute Gasteiger partial charge is 0.379 e. The van der Waals surface area contributed by atoms with Gasteiger partial charge in [-0.2, -0.15) is 13.2 Å². The van der Waals surface area contributed by atoms with Gasteiger partial charge in [0.05, 0.1) is 9.82 Å². The molecule has 27 heavy (non-hydrogen) atoms. The first-order chi connectivity index (χ1) is 12.5. The van der Waals surface area contributed by atoms with Crippen molar-refractivity contribution in [2.75, 3.05) is 25.0 Å².